The number of alkyl halides is 5. The van der Waals surface area contributed by atoms with Crippen LogP contribution in [0.15, 0.2) is 12.4 Å². The van der Waals surface area contributed by atoms with Crippen molar-refractivity contribution in [2.45, 2.75) is 38.3 Å². The molecule has 20 heavy (non-hydrogen) atoms. The van der Waals surface area contributed by atoms with Crippen LogP contribution in [-0.2, 0) is 11.3 Å². The summed E-state index contributed by atoms with van der Waals surface area (Å²) in [4.78, 5) is 7.08. The summed E-state index contributed by atoms with van der Waals surface area (Å²) in [7, 11) is 0. The molecule has 0 fully saturated rings. The largest absolute Gasteiger partial charge is 0.459 e. The van der Waals surface area contributed by atoms with Crippen LogP contribution in [0, 0.1) is 0 Å². The van der Waals surface area contributed by atoms with Crippen molar-refractivity contribution in [1.29, 1.82) is 0 Å². The third kappa shape index (κ3) is 2.32. The van der Waals surface area contributed by atoms with Crippen LogP contribution < -0.4 is 0 Å². The minimum atomic E-state index is -5.70. The molecule has 0 aliphatic carbocycles. The number of fused-ring (bicyclic) bond motifs is 1. The van der Waals surface area contributed by atoms with Gasteiger partial charge >= 0.3 is 12.1 Å². The summed E-state index contributed by atoms with van der Waals surface area (Å²) in [6.45, 7) is 5.38. The molecule has 0 amide bonds. The molecule has 0 N–H and O–H groups in total. The molecule has 0 saturated carbocycles. The molecular weight excluding hydrogens is 283 g/mol. The third-order valence-electron chi connectivity index (χ3n) is 2.58. The van der Waals surface area contributed by atoms with Crippen LogP contribution in [0.2, 0.25) is 0 Å². The summed E-state index contributed by atoms with van der Waals surface area (Å²) < 4.78 is 64.3. The molecule has 0 aliphatic heterocycles. The molecule has 9 heteroatoms. The normalized spacial score (nSPS) is 14.0. The van der Waals surface area contributed by atoms with Gasteiger partial charge in [0, 0.05) is 11.5 Å². The Kier molecular flexibility index (Phi) is 2.99. The first-order valence-electron chi connectivity index (χ1n) is 5.61. The Labute approximate surface area is 110 Å². The lowest BCUT2D eigenvalue weighted by Gasteiger charge is -2.18. The first kappa shape index (κ1) is 14.6. The topological polar surface area (TPSA) is 43.1 Å². The van der Waals surface area contributed by atoms with Gasteiger partial charge in [0.15, 0.2) is 11.5 Å². The quantitative estimate of drug-likeness (QED) is 0.759. The van der Waals surface area contributed by atoms with E-state index in [2.05, 4.69) is 15.1 Å². The van der Waals surface area contributed by atoms with E-state index in [9.17, 15) is 22.0 Å². The minimum absolute atomic E-state index is 0.108. The van der Waals surface area contributed by atoms with Gasteiger partial charge in [-0.05, 0) is 0 Å². The summed E-state index contributed by atoms with van der Waals surface area (Å²) in [5.41, 5.74) is -1.96. The van der Waals surface area contributed by atoms with Gasteiger partial charge < -0.3 is 0 Å². The zero-order valence-corrected chi connectivity index (χ0v) is 10.8. The molecule has 2 heterocycles. The van der Waals surface area contributed by atoms with Gasteiger partial charge in [-0.3, -0.25) is 0 Å². The molecule has 0 aliphatic rings. The van der Waals surface area contributed by atoms with Gasteiger partial charge in [0.05, 0.1) is 0 Å². The van der Waals surface area contributed by atoms with Crippen molar-refractivity contribution >= 4 is 5.65 Å². The van der Waals surface area contributed by atoms with Crippen LogP contribution in [0.5, 0.6) is 0 Å². The van der Waals surface area contributed by atoms with Gasteiger partial charge in [-0.15, -0.1) is 5.10 Å². The Hall–Kier alpha value is -1.80. The zero-order valence-electron chi connectivity index (χ0n) is 10.8. The maximum atomic E-state index is 13.2. The molecule has 0 radical (unpaired) electrons. The molecule has 0 atom stereocenters. The van der Waals surface area contributed by atoms with Crippen molar-refractivity contribution in [2.75, 3.05) is 0 Å². The van der Waals surface area contributed by atoms with Crippen LogP contribution in [-0.4, -0.2) is 25.8 Å². The maximum absolute atomic E-state index is 13.2. The molecule has 0 aromatic carbocycles. The highest BCUT2D eigenvalue weighted by Gasteiger charge is 2.60. The van der Waals surface area contributed by atoms with Gasteiger partial charge in [0.1, 0.15) is 12.0 Å². The number of rotatable bonds is 1. The molecule has 0 saturated heterocycles. The average Bonchev–Trinajstić information content (AvgIpc) is 2.69. The number of nitrogens with zero attached hydrogens (tertiary/aromatic N) is 4. The average molecular weight is 294 g/mol. The molecule has 0 spiro atoms. The lowest BCUT2D eigenvalue weighted by Crippen LogP contribution is -2.34. The summed E-state index contributed by atoms with van der Waals surface area (Å²) in [5, 5.41) is 3.99. The Morgan fingerprint density at radius 1 is 1.05 bits per heavy atom. The fraction of sp³-hybridized carbons (Fsp3) is 0.545. The monoisotopic (exact) mass is 294 g/mol. The van der Waals surface area contributed by atoms with E-state index in [-0.39, 0.29) is 5.65 Å². The molecular formula is C11H11F5N4. The fourth-order valence-electron chi connectivity index (χ4n) is 1.43. The third-order valence-corrected chi connectivity index (χ3v) is 2.58. The second-order valence-corrected chi connectivity index (χ2v) is 5.33. The minimum Gasteiger partial charge on any atom is -0.234 e. The van der Waals surface area contributed by atoms with Crippen molar-refractivity contribution < 1.29 is 22.0 Å². The molecule has 2 aromatic heterocycles. The number of hydrogen-bond acceptors (Lipinski definition) is 3. The van der Waals surface area contributed by atoms with Gasteiger partial charge in [-0.1, -0.05) is 20.8 Å². The standard InChI is InChI=1S/C11H11F5N4/c1-9(2,3)8-18-7-4-6(17-5-20(7)19-8)10(12,13)11(14,15)16/h4-5H,1-3H3. The molecule has 110 valence electrons. The van der Waals surface area contributed by atoms with Crippen LogP contribution in [0.1, 0.15) is 32.3 Å². The van der Waals surface area contributed by atoms with Crippen molar-refractivity contribution in [3.63, 3.8) is 0 Å². The van der Waals surface area contributed by atoms with E-state index in [4.69, 9.17) is 0 Å². The van der Waals surface area contributed by atoms with E-state index in [1.54, 1.807) is 20.8 Å². The van der Waals surface area contributed by atoms with Crippen molar-refractivity contribution in [3.05, 3.63) is 23.9 Å². The summed E-state index contributed by atoms with van der Waals surface area (Å²) in [6, 6.07) is 0.593. The second kappa shape index (κ2) is 4.10. The molecule has 4 nitrogen and oxygen atoms in total. The smallest absolute Gasteiger partial charge is 0.234 e. The predicted octanol–water partition coefficient (Wildman–Crippen LogP) is 3.08. The first-order chi connectivity index (χ1) is 8.93. The summed E-state index contributed by atoms with van der Waals surface area (Å²) >= 11 is 0. The highest BCUT2D eigenvalue weighted by atomic mass is 19.4. The molecule has 2 aromatic rings. The van der Waals surface area contributed by atoms with Crippen LogP contribution in [0.3, 0.4) is 0 Å². The van der Waals surface area contributed by atoms with Crippen molar-refractivity contribution in [3.8, 4) is 0 Å². The van der Waals surface area contributed by atoms with Crippen LogP contribution in [0.25, 0.3) is 5.65 Å². The summed E-state index contributed by atoms with van der Waals surface area (Å²) in [6.07, 6.45) is -4.90. The van der Waals surface area contributed by atoms with E-state index < -0.39 is 23.2 Å². The van der Waals surface area contributed by atoms with Crippen molar-refractivity contribution in [2.24, 2.45) is 0 Å². The highest BCUT2D eigenvalue weighted by Crippen LogP contribution is 2.43. The fourth-order valence-corrected chi connectivity index (χ4v) is 1.43. The number of aromatic nitrogens is 4. The molecule has 0 bridgehead atoms. The Morgan fingerprint density at radius 2 is 1.65 bits per heavy atom. The zero-order chi connectivity index (χ0) is 15.3. The molecule has 2 rings (SSSR count). The number of halogens is 5. The second-order valence-electron chi connectivity index (χ2n) is 5.33. The first-order valence-corrected chi connectivity index (χ1v) is 5.61. The SMILES string of the molecule is CC(C)(C)c1nc2cc(C(F)(F)C(F)(F)F)ncn2n1. The predicted molar refractivity (Wildman–Crippen MR) is 59.4 cm³/mol. The van der Waals surface area contributed by atoms with Gasteiger partial charge in [0.2, 0.25) is 0 Å². The highest BCUT2D eigenvalue weighted by molar-refractivity contribution is 5.40. The van der Waals surface area contributed by atoms with E-state index >= 15 is 0 Å². The van der Waals surface area contributed by atoms with Crippen molar-refractivity contribution in [1.82, 2.24) is 19.6 Å². The van der Waals surface area contributed by atoms with E-state index in [1.807, 2.05) is 0 Å². The van der Waals surface area contributed by atoms with Gasteiger partial charge in [-0.25, -0.2) is 14.5 Å². The maximum Gasteiger partial charge on any atom is 0.459 e. The number of hydrogen-bond donors (Lipinski definition) is 0. The Bertz CT molecular complexity index is 638. The lowest BCUT2D eigenvalue weighted by molar-refractivity contribution is -0.290. The molecule has 0 unspecified atom stereocenters. The van der Waals surface area contributed by atoms with Crippen LogP contribution >= 0.6 is 0 Å². The van der Waals surface area contributed by atoms with E-state index in [0.29, 0.717) is 11.9 Å². The Morgan fingerprint density at radius 3 is 2.15 bits per heavy atom. The van der Waals surface area contributed by atoms with Gasteiger partial charge in [0.25, 0.3) is 0 Å². The van der Waals surface area contributed by atoms with E-state index in [0.717, 1.165) is 10.8 Å². The van der Waals surface area contributed by atoms with E-state index in [1.165, 1.54) is 0 Å². The van der Waals surface area contributed by atoms with Gasteiger partial charge in [-0.2, -0.15) is 22.0 Å². The Balaban J connectivity index is 2.55. The lowest BCUT2D eigenvalue weighted by atomic mass is 9.96. The summed E-state index contributed by atoms with van der Waals surface area (Å²) in [5.74, 6) is -4.70. The van der Waals surface area contributed by atoms with Crippen LogP contribution in [0.4, 0.5) is 22.0 Å².